The Morgan fingerprint density at radius 3 is 2.86 bits per heavy atom. The monoisotopic (exact) mass is 429 g/mol. The van der Waals surface area contributed by atoms with Crippen LogP contribution >= 0.6 is 35.7 Å². The average molecular weight is 429 g/mol. The number of hydrogen-bond acceptors (Lipinski definition) is 4. The number of thioether (sulfide) groups is 1. The van der Waals surface area contributed by atoms with Gasteiger partial charge in [0, 0.05) is 31.9 Å². The van der Waals surface area contributed by atoms with Crippen LogP contribution in [0.4, 0.5) is 0 Å². The molecule has 5 nitrogen and oxygen atoms in total. The number of carbonyl (C=O) groups excluding carboxylic acids is 1. The van der Waals surface area contributed by atoms with E-state index >= 15 is 0 Å². The van der Waals surface area contributed by atoms with E-state index in [0.717, 1.165) is 31.9 Å². The van der Waals surface area contributed by atoms with Crippen LogP contribution in [0.5, 0.6) is 0 Å². The van der Waals surface area contributed by atoms with Gasteiger partial charge in [0.25, 0.3) is 0 Å². The van der Waals surface area contributed by atoms with E-state index in [0.29, 0.717) is 18.4 Å². The van der Waals surface area contributed by atoms with Gasteiger partial charge in [0.1, 0.15) is 0 Å². The maximum atomic E-state index is 11.9. The number of aliphatic imine (C=N–C) groups is 1. The first kappa shape index (κ1) is 20.8. The number of nitrogens with zero attached hydrogens (tertiary/aromatic N) is 2. The number of likely N-dealkylation sites (tertiary alicyclic amines) is 1. The standard InChI is InChI=1S/C14H27N3O2S.HI/c1-5-19-13(18)12-7-6-8-17(10-12)14(15-3)16-9-11(2)20-4;/h11-12H,5-10H2,1-4H3,(H,15,16);1H. The van der Waals surface area contributed by atoms with Crippen LogP contribution in [0, 0.1) is 5.92 Å². The second-order valence-electron chi connectivity index (χ2n) is 5.01. The molecule has 0 spiro atoms. The van der Waals surface area contributed by atoms with E-state index in [2.05, 4.69) is 28.4 Å². The van der Waals surface area contributed by atoms with Gasteiger partial charge in [-0.2, -0.15) is 11.8 Å². The number of hydrogen-bond donors (Lipinski definition) is 1. The lowest BCUT2D eigenvalue weighted by Crippen LogP contribution is -2.49. The summed E-state index contributed by atoms with van der Waals surface area (Å²) in [5, 5.41) is 3.92. The largest absolute Gasteiger partial charge is 0.466 e. The molecule has 0 aliphatic carbocycles. The molecule has 0 radical (unpaired) electrons. The van der Waals surface area contributed by atoms with Gasteiger partial charge in [-0.25, -0.2) is 0 Å². The van der Waals surface area contributed by atoms with Crippen LogP contribution in [0.3, 0.4) is 0 Å². The van der Waals surface area contributed by atoms with Crippen molar-refractivity contribution in [2.24, 2.45) is 10.9 Å². The van der Waals surface area contributed by atoms with Crippen molar-refractivity contribution in [3.8, 4) is 0 Å². The molecule has 2 atom stereocenters. The third kappa shape index (κ3) is 7.08. The summed E-state index contributed by atoms with van der Waals surface area (Å²) in [6.07, 6.45) is 4.02. The predicted octanol–water partition coefficient (Wildman–Crippen LogP) is 2.21. The Hall–Kier alpha value is -0.180. The zero-order chi connectivity index (χ0) is 15.0. The van der Waals surface area contributed by atoms with Gasteiger partial charge < -0.3 is 15.0 Å². The summed E-state index contributed by atoms with van der Waals surface area (Å²) in [5.41, 5.74) is 0. The third-order valence-electron chi connectivity index (χ3n) is 3.50. The van der Waals surface area contributed by atoms with Crippen LogP contribution in [-0.2, 0) is 9.53 Å². The third-order valence-corrected chi connectivity index (χ3v) is 4.47. The van der Waals surface area contributed by atoms with Crippen LogP contribution in [0.25, 0.3) is 0 Å². The van der Waals surface area contributed by atoms with Gasteiger partial charge in [-0.1, -0.05) is 6.92 Å². The van der Waals surface area contributed by atoms with Gasteiger partial charge in [-0.3, -0.25) is 9.79 Å². The molecule has 1 N–H and O–H groups in total. The van der Waals surface area contributed by atoms with E-state index in [1.807, 2.05) is 18.7 Å². The number of carbonyl (C=O) groups is 1. The number of ether oxygens (including phenoxy) is 1. The molecule has 1 fully saturated rings. The van der Waals surface area contributed by atoms with Crippen LogP contribution in [-0.4, -0.2) is 61.6 Å². The number of esters is 1. The summed E-state index contributed by atoms with van der Waals surface area (Å²) < 4.78 is 5.13. The number of rotatable bonds is 5. The van der Waals surface area contributed by atoms with E-state index < -0.39 is 0 Å². The van der Waals surface area contributed by atoms with Crippen molar-refractivity contribution in [2.75, 3.05) is 39.5 Å². The molecule has 0 aromatic carbocycles. The molecule has 1 aliphatic rings. The molecule has 7 heteroatoms. The van der Waals surface area contributed by atoms with Crippen LogP contribution < -0.4 is 5.32 Å². The normalized spacial score (nSPS) is 20.5. The van der Waals surface area contributed by atoms with Gasteiger partial charge in [-0.05, 0) is 26.0 Å². The topological polar surface area (TPSA) is 53.9 Å². The van der Waals surface area contributed by atoms with Gasteiger partial charge in [0.2, 0.25) is 0 Å². The molecule has 0 amide bonds. The van der Waals surface area contributed by atoms with E-state index in [1.54, 1.807) is 7.05 Å². The van der Waals surface area contributed by atoms with Crippen molar-refractivity contribution >= 4 is 47.7 Å². The average Bonchev–Trinajstić information content (AvgIpc) is 2.48. The summed E-state index contributed by atoms with van der Waals surface area (Å²) >= 11 is 1.83. The second kappa shape index (κ2) is 11.4. The molecule has 1 heterocycles. The van der Waals surface area contributed by atoms with Crippen molar-refractivity contribution in [3.63, 3.8) is 0 Å². The molecule has 0 saturated carbocycles. The molecule has 1 saturated heterocycles. The maximum Gasteiger partial charge on any atom is 0.310 e. The smallest absolute Gasteiger partial charge is 0.310 e. The van der Waals surface area contributed by atoms with E-state index in [-0.39, 0.29) is 35.9 Å². The van der Waals surface area contributed by atoms with Crippen LogP contribution in [0.2, 0.25) is 0 Å². The molecular formula is C14H28IN3O2S. The van der Waals surface area contributed by atoms with Crippen molar-refractivity contribution in [2.45, 2.75) is 31.9 Å². The van der Waals surface area contributed by atoms with Crippen molar-refractivity contribution in [1.82, 2.24) is 10.2 Å². The first-order valence-electron chi connectivity index (χ1n) is 7.27. The molecule has 2 unspecified atom stereocenters. The Kier molecular flexibility index (Phi) is 11.3. The van der Waals surface area contributed by atoms with Crippen molar-refractivity contribution < 1.29 is 9.53 Å². The molecule has 0 aromatic heterocycles. The van der Waals surface area contributed by atoms with Crippen molar-refractivity contribution in [3.05, 3.63) is 0 Å². The van der Waals surface area contributed by atoms with Gasteiger partial charge in [0.15, 0.2) is 5.96 Å². The summed E-state index contributed by atoms with van der Waals surface area (Å²) in [6.45, 7) is 7.02. The minimum absolute atomic E-state index is 0. The SMILES string of the molecule is CCOC(=O)C1CCCN(C(=NC)NCC(C)SC)C1.I. The quantitative estimate of drug-likeness (QED) is 0.314. The Balaban J connectivity index is 0.00000400. The lowest BCUT2D eigenvalue weighted by atomic mass is 9.98. The predicted molar refractivity (Wildman–Crippen MR) is 101 cm³/mol. The Morgan fingerprint density at radius 2 is 2.29 bits per heavy atom. The van der Waals surface area contributed by atoms with E-state index in [9.17, 15) is 4.79 Å². The lowest BCUT2D eigenvalue weighted by Gasteiger charge is -2.34. The molecule has 124 valence electrons. The Labute approximate surface area is 149 Å². The van der Waals surface area contributed by atoms with Crippen LogP contribution in [0.15, 0.2) is 4.99 Å². The highest BCUT2D eigenvalue weighted by molar-refractivity contribution is 14.0. The highest BCUT2D eigenvalue weighted by atomic mass is 127. The van der Waals surface area contributed by atoms with Gasteiger partial charge in [0.05, 0.1) is 12.5 Å². The molecular weight excluding hydrogens is 401 g/mol. The van der Waals surface area contributed by atoms with Crippen molar-refractivity contribution in [1.29, 1.82) is 0 Å². The minimum Gasteiger partial charge on any atom is -0.466 e. The first-order chi connectivity index (χ1) is 9.62. The molecule has 1 rings (SSSR count). The fourth-order valence-corrected chi connectivity index (χ4v) is 2.52. The Morgan fingerprint density at radius 1 is 1.57 bits per heavy atom. The number of guanidine groups is 1. The molecule has 1 aliphatic heterocycles. The zero-order valence-corrected chi connectivity index (χ0v) is 16.6. The molecule has 21 heavy (non-hydrogen) atoms. The minimum atomic E-state index is -0.0786. The van der Waals surface area contributed by atoms with Gasteiger partial charge >= 0.3 is 5.97 Å². The first-order valence-corrected chi connectivity index (χ1v) is 8.56. The highest BCUT2D eigenvalue weighted by Crippen LogP contribution is 2.18. The number of halogens is 1. The Bertz CT molecular complexity index is 342. The summed E-state index contributed by atoms with van der Waals surface area (Å²) in [7, 11) is 1.79. The molecule has 0 bridgehead atoms. The number of nitrogens with one attached hydrogen (secondary N) is 1. The highest BCUT2D eigenvalue weighted by Gasteiger charge is 2.28. The molecule has 0 aromatic rings. The summed E-state index contributed by atoms with van der Waals surface area (Å²) in [6, 6.07) is 0. The maximum absolute atomic E-state index is 11.9. The fourth-order valence-electron chi connectivity index (χ4n) is 2.27. The van der Waals surface area contributed by atoms with E-state index in [4.69, 9.17) is 4.74 Å². The summed E-state index contributed by atoms with van der Waals surface area (Å²) in [5.74, 6) is 0.783. The zero-order valence-electron chi connectivity index (χ0n) is 13.4. The summed E-state index contributed by atoms with van der Waals surface area (Å²) in [4.78, 5) is 18.3. The van der Waals surface area contributed by atoms with Gasteiger partial charge in [-0.15, -0.1) is 24.0 Å². The number of piperidine rings is 1. The van der Waals surface area contributed by atoms with E-state index in [1.165, 1.54) is 0 Å². The lowest BCUT2D eigenvalue weighted by molar-refractivity contribution is -0.149. The fraction of sp³-hybridized carbons (Fsp3) is 0.857. The second-order valence-corrected chi connectivity index (χ2v) is 6.29. The van der Waals surface area contributed by atoms with Crippen LogP contribution in [0.1, 0.15) is 26.7 Å².